The molecule has 0 bridgehead atoms. The van der Waals surface area contributed by atoms with Gasteiger partial charge in [0.05, 0.1) is 25.8 Å². The van der Waals surface area contributed by atoms with Crippen LogP contribution in [0, 0.1) is 0 Å². The zero-order valence-electron chi connectivity index (χ0n) is 20.3. The standard InChI is InChI=1S/C20H32N10O8/c21-6-14(31)29-12(5-16(33)34)17(35)26-8-15(32)28-11(2-1-3-25-20(22)23)18(36)30-13(19(37)38)4-10-7-24-9-27-10/h7,9,11-13H,1-6,8,21H2,(H,24,27)(H,26,35)(H,28,32)(H,29,31)(H,30,36)(H,33,34)(H,37,38)(H4,22,23,25). The molecule has 3 unspecified atom stereocenters. The molecule has 0 aliphatic carbocycles. The molecule has 0 aromatic carbocycles. The van der Waals surface area contributed by atoms with E-state index in [9.17, 15) is 33.9 Å². The highest BCUT2D eigenvalue weighted by atomic mass is 16.4. The summed E-state index contributed by atoms with van der Waals surface area (Å²) >= 11 is 0. The van der Waals surface area contributed by atoms with Crippen LogP contribution in [0.5, 0.6) is 0 Å². The Balaban J connectivity index is 2.85. The summed E-state index contributed by atoms with van der Waals surface area (Å²) in [7, 11) is 0. The first-order chi connectivity index (χ1) is 17.9. The molecule has 18 nitrogen and oxygen atoms in total. The van der Waals surface area contributed by atoms with Gasteiger partial charge in [-0.05, 0) is 12.8 Å². The third kappa shape index (κ3) is 12.3. The topological polar surface area (TPSA) is 310 Å². The number of aliphatic imine (C=N–C) groups is 1. The number of carboxylic acids is 2. The van der Waals surface area contributed by atoms with Gasteiger partial charge in [0.1, 0.15) is 18.1 Å². The molecule has 1 rings (SSSR count). The van der Waals surface area contributed by atoms with Gasteiger partial charge in [-0.25, -0.2) is 9.78 Å². The fraction of sp³-hybridized carbons (Fsp3) is 0.500. The number of hydrogen-bond donors (Lipinski definition) is 10. The number of nitrogens with zero attached hydrogens (tertiary/aromatic N) is 2. The van der Waals surface area contributed by atoms with Crippen molar-refractivity contribution < 1.29 is 39.0 Å². The molecule has 0 spiro atoms. The van der Waals surface area contributed by atoms with E-state index in [0.29, 0.717) is 5.69 Å². The lowest BCUT2D eigenvalue weighted by atomic mass is 10.1. The molecule has 1 heterocycles. The largest absolute Gasteiger partial charge is 0.481 e. The van der Waals surface area contributed by atoms with Crippen molar-refractivity contribution >= 4 is 41.5 Å². The molecular weight excluding hydrogens is 508 g/mol. The average molecular weight is 541 g/mol. The first kappa shape index (κ1) is 31.3. The molecule has 0 aliphatic heterocycles. The Morgan fingerprint density at radius 2 is 1.66 bits per heavy atom. The molecule has 0 fully saturated rings. The SMILES string of the molecule is NCC(=O)NC(CC(=O)O)C(=O)NCC(=O)NC(CCCN=C(N)N)C(=O)NC(Cc1cnc[nH]1)C(=O)O. The number of carboxylic acid groups (broad SMARTS) is 2. The number of H-pyrrole nitrogens is 1. The van der Waals surface area contributed by atoms with Gasteiger partial charge in [-0.15, -0.1) is 0 Å². The zero-order valence-corrected chi connectivity index (χ0v) is 20.3. The van der Waals surface area contributed by atoms with E-state index in [0.717, 1.165) is 0 Å². The molecule has 18 heteroatoms. The van der Waals surface area contributed by atoms with Crippen LogP contribution in [0.25, 0.3) is 0 Å². The van der Waals surface area contributed by atoms with E-state index in [1.165, 1.54) is 12.5 Å². The van der Waals surface area contributed by atoms with Crippen LogP contribution in [0.1, 0.15) is 25.0 Å². The molecule has 38 heavy (non-hydrogen) atoms. The zero-order chi connectivity index (χ0) is 28.7. The molecule has 0 radical (unpaired) electrons. The van der Waals surface area contributed by atoms with Gasteiger partial charge < -0.3 is 53.7 Å². The minimum atomic E-state index is -1.49. The van der Waals surface area contributed by atoms with Crippen molar-refractivity contribution in [3.63, 3.8) is 0 Å². The Morgan fingerprint density at radius 3 is 2.21 bits per heavy atom. The molecule has 1 aromatic heterocycles. The molecule has 0 saturated heterocycles. The smallest absolute Gasteiger partial charge is 0.326 e. The summed E-state index contributed by atoms with van der Waals surface area (Å²) in [6, 6.07) is -4.07. The van der Waals surface area contributed by atoms with Gasteiger partial charge in [0.25, 0.3) is 0 Å². The fourth-order valence-corrected chi connectivity index (χ4v) is 3.03. The maximum atomic E-state index is 12.9. The Labute approximate surface area is 216 Å². The maximum Gasteiger partial charge on any atom is 0.326 e. The Hall–Kier alpha value is -4.74. The van der Waals surface area contributed by atoms with Crippen LogP contribution < -0.4 is 38.5 Å². The predicted molar refractivity (Wildman–Crippen MR) is 130 cm³/mol. The number of aromatic nitrogens is 2. The molecule has 4 amide bonds. The van der Waals surface area contributed by atoms with Gasteiger partial charge >= 0.3 is 11.9 Å². The van der Waals surface area contributed by atoms with Crippen molar-refractivity contribution in [3.05, 3.63) is 18.2 Å². The van der Waals surface area contributed by atoms with E-state index in [1.54, 1.807) is 0 Å². The van der Waals surface area contributed by atoms with Crippen molar-refractivity contribution in [1.82, 2.24) is 31.2 Å². The molecule has 13 N–H and O–H groups in total. The minimum Gasteiger partial charge on any atom is -0.481 e. The van der Waals surface area contributed by atoms with Gasteiger partial charge in [0, 0.05) is 24.9 Å². The van der Waals surface area contributed by atoms with Gasteiger partial charge in [-0.3, -0.25) is 29.0 Å². The third-order valence-corrected chi connectivity index (χ3v) is 4.83. The number of rotatable bonds is 17. The van der Waals surface area contributed by atoms with Crippen LogP contribution in [-0.2, 0) is 35.2 Å². The van der Waals surface area contributed by atoms with E-state index in [-0.39, 0.29) is 31.8 Å². The molecule has 0 saturated carbocycles. The number of nitrogens with two attached hydrogens (primary N) is 3. The van der Waals surface area contributed by atoms with E-state index in [2.05, 4.69) is 36.2 Å². The summed E-state index contributed by atoms with van der Waals surface area (Å²) in [5, 5.41) is 27.5. The number of nitrogens with one attached hydrogen (secondary N) is 5. The summed E-state index contributed by atoms with van der Waals surface area (Å²) < 4.78 is 0. The minimum absolute atomic E-state index is 0.00684. The number of hydrogen-bond acceptors (Lipinski definition) is 9. The number of imidazole rings is 1. The second-order valence-corrected chi connectivity index (χ2v) is 7.89. The maximum absolute atomic E-state index is 12.9. The number of aromatic amines is 1. The first-order valence-electron chi connectivity index (χ1n) is 11.3. The van der Waals surface area contributed by atoms with Crippen LogP contribution in [0.3, 0.4) is 0 Å². The summed E-state index contributed by atoms with van der Waals surface area (Å²) in [4.78, 5) is 82.0. The van der Waals surface area contributed by atoms with E-state index < -0.39 is 73.2 Å². The van der Waals surface area contributed by atoms with Crippen LogP contribution in [0.4, 0.5) is 0 Å². The number of guanidine groups is 1. The lowest BCUT2D eigenvalue weighted by Gasteiger charge is -2.22. The summed E-state index contributed by atoms with van der Waals surface area (Å²) in [5.41, 5.74) is 16.1. The van der Waals surface area contributed by atoms with E-state index in [1.807, 2.05) is 0 Å². The summed E-state index contributed by atoms with van der Waals surface area (Å²) in [6.45, 7) is -1.05. The molecule has 1 aromatic rings. The van der Waals surface area contributed by atoms with Crippen molar-refractivity contribution in [2.45, 2.75) is 43.8 Å². The Morgan fingerprint density at radius 1 is 0.974 bits per heavy atom. The lowest BCUT2D eigenvalue weighted by Crippen LogP contribution is -2.55. The van der Waals surface area contributed by atoms with Crippen molar-refractivity contribution in [3.8, 4) is 0 Å². The third-order valence-electron chi connectivity index (χ3n) is 4.83. The van der Waals surface area contributed by atoms with Crippen molar-refractivity contribution in [1.29, 1.82) is 0 Å². The first-order valence-corrected chi connectivity index (χ1v) is 11.3. The molecule has 210 valence electrons. The van der Waals surface area contributed by atoms with Crippen LogP contribution >= 0.6 is 0 Å². The van der Waals surface area contributed by atoms with Crippen LogP contribution in [0.2, 0.25) is 0 Å². The van der Waals surface area contributed by atoms with E-state index in [4.69, 9.17) is 22.3 Å². The average Bonchev–Trinajstić information content (AvgIpc) is 3.36. The second-order valence-electron chi connectivity index (χ2n) is 7.89. The Kier molecular flexibility index (Phi) is 13.3. The van der Waals surface area contributed by atoms with Crippen molar-refractivity contribution in [2.75, 3.05) is 19.6 Å². The number of amides is 4. The molecule has 0 aliphatic rings. The number of carbonyl (C=O) groups excluding carboxylic acids is 4. The number of carbonyl (C=O) groups is 6. The quantitative estimate of drug-likeness (QED) is 0.0505. The molecular formula is C20H32N10O8. The van der Waals surface area contributed by atoms with Crippen LogP contribution in [-0.4, -0.2) is 99.5 Å². The number of aliphatic carboxylic acids is 2. The normalized spacial score (nSPS) is 12.8. The fourth-order valence-electron chi connectivity index (χ4n) is 3.03. The second kappa shape index (κ2) is 16.1. The highest BCUT2D eigenvalue weighted by molar-refractivity contribution is 5.94. The van der Waals surface area contributed by atoms with Gasteiger partial charge in [0.2, 0.25) is 23.6 Å². The Bertz CT molecular complexity index is 1010. The monoisotopic (exact) mass is 540 g/mol. The highest BCUT2D eigenvalue weighted by Crippen LogP contribution is 2.03. The van der Waals surface area contributed by atoms with Crippen molar-refractivity contribution in [2.24, 2.45) is 22.2 Å². The highest BCUT2D eigenvalue weighted by Gasteiger charge is 2.28. The van der Waals surface area contributed by atoms with E-state index >= 15 is 0 Å². The van der Waals surface area contributed by atoms with Gasteiger partial charge in [-0.1, -0.05) is 0 Å². The predicted octanol–water partition coefficient (Wildman–Crippen LogP) is -4.91. The lowest BCUT2D eigenvalue weighted by molar-refractivity contribution is -0.142. The molecule has 3 atom stereocenters. The summed E-state index contributed by atoms with van der Waals surface area (Å²) in [6.07, 6.45) is 2.11. The van der Waals surface area contributed by atoms with Crippen LogP contribution in [0.15, 0.2) is 17.5 Å². The van der Waals surface area contributed by atoms with Gasteiger partial charge in [-0.2, -0.15) is 0 Å². The summed E-state index contributed by atoms with van der Waals surface area (Å²) in [5.74, 6) is -6.30. The van der Waals surface area contributed by atoms with Gasteiger partial charge in [0.15, 0.2) is 5.96 Å².